The molecule has 1 rings (SSSR count). The summed E-state index contributed by atoms with van der Waals surface area (Å²) in [5.41, 5.74) is -0.0290. The Hall–Kier alpha value is -1.10. The van der Waals surface area contributed by atoms with Crippen LogP contribution in [0.3, 0.4) is 0 Å². The normalized spacial score (nSPS) is 19.8. The second-order valence-corrected chi connectivity index (χ2v) is 6.75. The lowest BCUT2D eigenvalue weighted by Crippen LogP contribution is -2.39. The van der Waals surface area contributed by atoms with E-state index in [9.17, 15) is 9.59 Å². The smallest absolute Gasteiger partial charge is 0.225 e. The summed E-state index contributed by atoms with van der Waals surface area (Å²) in [6, 6.07) is 0.154. The van der Waals surface area contributed by atoms with Crippen LogP contribution in [0.4, 0.5) is 0 Å². The zero-order chi connectivity index (χ0) is 15.3. The van der Waals surface area contributed by atoms with E-state index in [1.165, 1.54) is 0 Å². The standard InChI is InChI=1S/C15H28N2O3/c1-11(2)17-9-12(8-13(17)19)14(20)16-10-15(3,4)6-5-7-18/h11-12,18H,5-10H2,1-4H3,(H,16,20). The third kappa shape index (κ3) is 4.78. The zero-order valence-electron chi connectivity index (χ0n) is 13.1. The Morgan fingerprint density at radius 3 is 2.65 bits per heavy atom. The molecule has 5 heteroatoms. The Morgan fingerprint density at radius 1 is 1.50 bits per heavy atom. The lowest BCUT2D eigenvalue weighted by atomic mass is 9.87. The molecule has 0 aliphatic carbocycles. The Bertz CT molecular complexity index is 353. The van der Waals surface area contributed by atoms with Gasteiger partial charge in [-0.25, -0.2) is 0 Å². The third-order valence-corrected chi connectivity index (χ3v) is 3.91. The highest BCUT2D eigenvalue weighted by Crippen LogP contribution is 2.23. The molecule has 5 nitrogen and oxygen atoms in total. The number of amides is 2. The maximum atomic E-state index is 12.1. The minimum Gasteiger partial charge on any atom is -0.396 e. The van der Waals surface area contributed by atoms with Crippen LogP contribution < -0.4 is 5.32 Å². The molecule has 0 spiro atoms. The van der Waals surface area contributed by atoms with Crippen molar-refractivity contribution < 1.29 is 14.7 Å². The van der Waals surface area contributed by atoms with Gasteiger partial charge in [0, 0.05) is 32.2 Å². The summed E-state index contributed by atoms with van der Waals surface area (Å²) in [5.74, 6) is -0.184. The van der Waals surface area contributed by atoms with Gasteiger partial charge in [-0.1, -0.05) is 13.8 Å². The Morgan fingerprint density at radius 2 is 2.15 bits per heavy atom. The molecular formula is C15H28N2O3. The largest absolute Gasteiger partial charge is 0.396 e. The lowest BCUT2D eigenvalue weighted by Gasteiger charge is -2.25. The van der Waals surface area contributed by atoms with Crippen molar-refractivity contribution in [3.8, 4) is 0 Å². The van der Waals surface area contributed by atoms with E-state index in [2.05, 4.69) is 19.2 Å². The fourth-order valence-corrected chi connectivity index (χ4v) is 2.52. The zero-order valence-corrected chi connectivity index (χ0v) is 13.1. The number of nitrogens with zero attached hydrogens (tertiary/aromatic N) is 1. The molecule has 1 aliphatic rings. The van der Waals surface area contributed by atoms with E-state index in [0.717, 1.165) is 12.8 Å². The molecule has 0 aromatic carbocycles. The summed E-state index contributed by atoms with van der Waals surface area (Å²) in [7, 11) is 0. The minimum atomic E-state index is -0.224. The van der Waals surface area contributed by atoms with E-state index < -0.39 is 0 Å². The molecule has 1 heterocycles. The fraction of sp³-hybridized carbons (Fsp3) is 0.867. The van der Waals surface area contributed by atoms with Gasteiger partial charge in [0.25, 0.3) is 0 Å². The van der Waals surface area contributed by atoms with E-state index in [1.807, 2.05) is 13.8 Å². The summed E-state index contributed by atoms with van der Waals surface area (Å²) in [6.07, 6.45) is 1.93. The van der Waals surface area contributed by atoms with Crippen molar-refractivity contribution in [1.29, 1.82) is 0 Å². The quantitative estimate of drug-likeness (QED) is 0.737. The van der Waals surface area contributed by atoms with Gasteiger partial charge in [-0.05, 0) is 32.1 Å². The predicted molar refractivity (Wildman–Crippen MR) is 78.1 cm³/mol. The molecule has 1 fully saturated rings. The van der Waals surface area contributed by atoms with Crippen LogP contribution in [-0.2, 0) is 9.59 Å². The van der Waals surface area contributed by atoms with Crippen LogP contribution >= 0.6 is 0 Å². The van der Waals surface area contributed by atoms with Crippen LogP contribution in [0.5, 0.6) is 0 Å². The molecular weight excluding hydrogens is 256 g/mol. The number of rotatable bonds is 7. The number of aliphatic hydroxyl groups is 1. The predicted octanol–water partition coefficient (Wildman–Crippen LogP) is 1.16. The summed E-state index contributed by atoms with van der Waals surface area (Å²) in [6.45, 7) is 9.37. The summed E-state index contributed by atoms with van der Waals surface area (Å²) < 4.78 is 0. The third-order valence-electron chi connectivity index (χ3n) is 3.91. The number of carbonyl (C=O) groups is 2. The van der Waals surface area contributed by atoms with Crippen LogP contribution in [0.1, 0.15) is 47.0 Å². The van der Waals surface area contributed by atoms with Crippen LogP contribution in [0, 0.1) is 11.3 Å². The number of likely N-dealkylation sites (tertiary alicyclic amines) is 1. The first-order valence-electron chi connectivity index (χ1n) is 7.45. The van der Waals surface area contributed by atoms with Gasteiger partial charge in [0.05, 0.1) is 5.92 Å². The van der Waals surface area contributed by atoms with Crippen molar-refractivity contribution in [2.45, 2.75) is 53.0 Å². The van der Waals surface area contributed by atoms with Gasteiger partial charge >= 0.3 is 0 Å². The molecule has 2 amide bonds. The average Bonchev–Trinajstić information content (AvgIpc) is 2.76. The Balaban J connectivity index is 2.42. The van der Waals surface area contributed by atoms with Crippen molar-refractivity contribution in [3.05, 3.63) is 0 Å². The highest BCUT2D eigenvalue weighted by molar-refractivity contribution is 5.89. The van der Waals surface area contributed by atoms with E-state index >= 15 is 0 Å². The highest BCUT2D eigenvalue weighted by atomic mass is 16.3. The fourth-order valence-electron chi connectivity index (χ4n) is 2.52. The van der Waals surface area contributed by atoms with Crippen molar-refractivity contribution in [1.82, 2.24) is 10.2 Å². The van der Waals surface area contributed by atoms with Gasteiger partial charge in [-0.15, -0.1) is 0 Å². The maximum Gasteiger partial charge on any atom is 0.225 e. The maximum absolute atomic E-state index is 12.1. The SMILES string of the molecule is CC(C)N1CC(C(=O)NCC(C)(C)CCCO)CC1=O. The molecule has 0 bridgehead atoms. The second kappa shape index (κ2) is 7.07. The number of hydrogen-bond acceptors (Lipinski definition) is 3. The summed E-state index contributed by atoms with van der Waals surface area (Å²) >= 11 is 0. The summed E-state index contributed by atoms with van der Waals surface area (Å²) in [5, 5.41) is 11.8. The van der Waals surface area contributed by atoms with Gasteiger partial charge in [0.15, 0.2) is 0 Å². The molecule has 0 radical (unpaired) electrons. The van der Waals surface area contributed by atoms with Gasteiger partial charge in [0.1, 0.15) is 0 Å². The molecule has 1 saturated heterocycles. The first-order chi connectivity index (χ1) is 9.26. The van der Waals surface area contributed by atoms with E-state index in [4.69, 9.17) is 5.11 Å². The second-order valence-electron chi connectivity index (χ2n) is 6.75. The number of hydrogen-bond donors (Lipinski definition) is 2. The highest BCUT2D eigenvalue weighted by Gasteiger charge is 2.35. The van der Waals surface area contributed by atoms with Gasteiger partial charge < -0.3 is 15.3 Å². The van der Waals surface area contributed by atoms with Crippen LogP contribution in [0.25, 0.3) is 0 Å². The Kier molecular flexibility index (Phi) is 5.99. The Labute approximate surface area is 121 Å². The number of nitrogens with one attached hydrogen (secondary N) is 1. The van der Waals surface area contributed by atoms with Crippen molar-refractivity contribution >= 4 is 11.8 Å². The number of carbonyl (C=O) groups excluding carboxylic acids is 2. The van der Waals surface area contributed by atoms with E-state index in [-0.39, 0.29) is 35.8 Å². The topological polar surface area (TPSA) is 69.6 Å². The molecule has 1 aliphatic heterocycles. The molecule has 0 aromatic rings. The molecule has 2 N–H and O–H groups in total. The first kappa shape index (κ1) is 17.0. The van der Waals surface area contributed by atoms with Crippen LogP contribution in [-0.4, -0.2) is 47.6 Å². The van der Waals surface area contributed by atoms with Crippen molar-refractivity contribution in [3.63, 3.8) is 0 Å². The van der Waals surface area contributed by atoms with Crippen LogP contribution in [0.15, 0.2) is 0 Å². The van der Waals surface area contributed by atoms with Gasteiger partial charge in [0.2, 0.25) is 11.8 Å². The minimum absolute atomic E-state index is 0.0290. The number of aliphatic hydroxyl groups excluding tert-OH is 1. The first-order valence-corrected chi connectivity index (χ1v) is 7.45. The van der Waals surface area contributed by atoms with Crippen LogP contribution in [0.2, 0.25) is 0 Å². The molecule has 116 valence electrons. The van der Waals surface area contributed by atoms with Gasteiger partial charge in [-0.3, -0.25) is 9.59 Å². The summed E-state index contributed by atoms with van der Waals surface area (Å²) in [4.78, 5) is 25.7. The van der Waals surface area contributed by atoms with Crippen molar-refractivity contribution in [2.75, 3.05) is 19.7 Å². The molecule has 1 atom stereocenters. The van der Waals surface area contributed by atoms with Gasteiger partial charge in [-0.2, -0.15) is 0 Å². The van der Waals surface area contributed by atoms with E-state index in [1.54, 1.807) is 4.90 Å². The molecule has 20 heavy (non-hydrogen) atoms. The monoisotopic (exact) mass is 284 g/mol. The van der Waals surface area contributed by atoms with E-state index in [0.29, 0.717) is 19.5 Å². The molecule has 0 saturated carbocycles. The molecule has 0 aromatic heterocycles. The average molecular weight is 284 g/mol. The van der Waals surface area contributed by atoms with Crippen molar-refractivity contribution in [2.24, 2.45) is 11.3 Å². The lowest BCUT2D eigenvalue weighted by molar-refractivity contribution is -0.130. The molecule has 1 unspecified atom stereocenters.